The van der Waals surface area contributed by atoms with Crippen LogP contribution in [0, 0.1) is 5.92 Å². The Morgan fingerprint density at radius 1 is 1.35 bits per heavy atom. The molecule has 1 atom stereocenters. The van der Waals surface area contributed by atoms with E-state index < -0.39 is 6.10 Å². The number of benzene rings is 1. The van der Waals surface area contributed by atoms with Crippen LogP contribution in [0.5, 0.6) is 5.75 Å². The first-order valence-corrected chi connectivity index (χ1v) is 8.32. The van der Waals surface area contributed by atoms with Crippen LogP contribution in [0.3, 0.4) is 0 Å². The molecule has 0 spiro atoms. The van der Waals surface area contributed by atoms with Gasteiger partial charge in [-0.05, 0) is 44.0 Å². The van der Waals surface area contributed by atoms with Gasteiger partial charge in [-0.25, -0.2) is 4.98 Å². The highest BCUT2D eigenvalue weighted by Gasteiger charge is 2.18. The Balaban J connectivity index is 1.49. The van der Waals surface area contributed by atoms with Crippen LogP contribution >= 0.6 is 0 Å². The SMILES string of the molecule is CC1CCN(C[C@@H](O)COc2cccc(-n3ccnc3)c2)CC1. The number of likely N-dealkylation sites (tertiary alicyclic amines) is 1. The number of nitrogens with zero attached hydrogens (tertiary/aromatic N) is 3. The second-order valence-corrected chi connectivity index (χ2v) is 6.42. The first-order chi connectivity index (χ1) is 11.2. The fraction of sp³-hybridized carbons (Fsp3) is 0.500. The summed E-state index contributed by atoms with van der Waals surface area (Å²) in [5.41, 5.74) is 1.000. The lowest BCUT2D eigenvalue weighted by Gasteiger charge is -2.31. The third-order valence-corrected chi connectivity index (χ3v) is 4.41. The number of imidazole rings is 1. The monoisotopic (exact) mass is 315 g/mol. The van der Waals surface area contributed by atoms with Crippen LogP contribution < -0.4 is 4.74 Å². The number of ether oxygens (including phenoxy) is 1. The molecule has 2 aromatic rings. The number of aliphatic hydroxyl groups excluding tert-OH is 1. The minimum atomic E-state index is -0.458. The van der Waals surface area contributed by atoms with Crippen molar-refractivity contribution in [3.63, 3.8) is 0 Å². The van der Waals surface area contributed by atoms with Crippen molar-refractivity contribution in [3.05, 3.63) is 43.0 Å². The molecule has 1 fully saturated rings. The van der Waals surface area contributed by atoms with Crippen molar-refractivity contribution < 1.29 is 9.84 Å². The topological polar surface area (TPSA) is 50.5 Å². The summed E-state index contributed by atoms with van der Waals surface area (Å²) in [6, 6.07) is 7.82. The van der Waals surface area contributed by atoms with Crippen LogP contribution in [0.2, 0.25) is 0 Å². The standard InChI is InChI=1S/C18H25N3O2/c1-15-5-8-20(9-6-15)12-17(22)13-23-18-4-2-3-16(11-18)21-10-7-19-14-21/h2-4,7,10-11,14-15,17,22H,5-6,8-9,12-13H2,1H3/t17-/m1/s1. The Bertz CT molecular complexity index is 592. The van der Waals surface area contributed by atoms with Crippen LogP contribution in [0.25, 0.3) is 5.69 Å². The zero-order valence-corrected chi connectivity index (χ0v) is 13.6. The summed E-state index contributed by atoms with van der Waals surface area (Å²) in [5.74, 6) is 1.58. The van der Waals surface area contributed by atoms with Gasteiger partial charge < -0.3 is 19.3 Å². The van der Waals surface area contributed by atoms with Crippen molar-refractivity contribution >= 4 is 0 Å². The van der Waals surface area contributed by atoms with Crippen LogP contribution in [-0.4, -0.2) is 51.9 Å². The van der Waals surface area contributed by atoms with Gasteiger partial charge in [0.25, 0.3) is 0 Å². The van der Waals surface area contributed by atoms with Crippen molar-refractivity contribution in [1.82, 2.24) is 14.5 Å². The second kappa shape index (κ2) is 7.62. The third kappa shape index (κ3) is 4.56. The van der Waals surface area contributed by atoms with E-state index in [1.807, 2.05) is 35.0 Å². The van der Waals surface area contributed by atoms with Crippen LogP contribution in [0.4, 0.5) is 0 Å². The second-order valence-electron chi connectivity index (χ2n) is 6.42. The smallest absolute Gasteiger partial charge is 0.121 e. The quantitative estimate of drug-likeness (QED) is 0.889. The van der Waals surface area contributed by atoms with E-state index >= 15 is 0 Å². The number of hydrogen-bond acceptors (Lipinski definition) is 4. The van der Waals surface area contributed by atoms with E-state index in [0.29, 0.717) is 13.2 Å². The van der Waals surface area contributed by atoms with Crippen LogP contribution in [-0.2, 0) is 0 Å². The Morgan fingerprint density at radius 3 is 2.91 bits per heavy atom. The molecule has 0 amide bonds. The lowest BCUT2D eigenvalue weighted by molar-refractivity contribution is 0.0563. The Kier molecular flexibility index (Phi) is 5.31. The first-order valence-electron chi connectivity index (χ1n) is 8.32. The predicted molar refractivity (Wildman–Crippen MR) is 89.9 cm³/mol. The van der Waals surface area contributed by atoms with Gasteiger partial charge in [-0.3, -0.25) is 0 Å². The summed E-state index contributed by atoms with van der Waals surface area (Å²) in [6.07, 6.45) is 7.38. The molecular weight excluding hydrogens is 290 g/mol. The van der Waals surface area contributed by atoms with Crippen molar-refractivity contribution in [2.75, 3.05) is 26.2 Å². The van der Waals surface area contributed by atoms with E-state index in [-0.39, 0.29) is 0 Å². The van der Waals surface area contributed by atoms with Gasteiger partial charge in [-0.2, -0.15) is 0 Å². The molecule has 1 aliphatic rings. The van der Waals surface area contributed by atoms with Gasteiger partial charge in [0.2, 0.25) is 0 Å². The highest BCUT2D eigenvalue weighted by molar-refractivity contribution is 5.39. The van der Waals surface area contributed by atoms with E-state index in [2.05, 4.69) is 16.8 Å². The van der Waals surface area contributed by atoms with E-state index in [1.54, 1.807) is 12.5 Å². The summed E-state index contributed by atoms with van der Waals surface area (Å²) >= 11 is 0. The zero-order chi connectivity index (χ0) is 16.1. The van der Waals surface area contributed by atoms with Crippen molar-refractivity contribution in [1.29, 1.82) is 0 Å². The summed E-state index contributed by atoms with van der Waals surface area (Å²) in [7, 11) is 0. The van der Waals surface area contributed by atoms with E-state index in [4.69, 9.17) is 4.74 Å². The fourth-order valence-corrected chi connectivity index (χ4v) is 2.93. The lowest BCUT2D eigenvalue weighted by Crippen LogP contribution is -2.40. The molecule has 5 nitrogen and oxygen atoms in total. The van der Waals surface area contributed by atoms with Gasteiger partial charge >= 0.3 is 0 Å². The molecule has 2 heterocycles. The maximum atomic E-state index is 10.2. The largest absolute Gasteiger partial charge is 0.491 e. The maximum absolute atomic E-state index is 10.2. The molecule has 1 saturated heterocycles. The van der Waals surface area contributed by atoms with Gasteiger partial charge in [0.05, 0.1) is 12.0 Å². The lowest BCUT2D eigenvalue weighted by atomic mass is 9.99. The molecule has 5 heteroatoms. The molecule has 0 bridgehead atoms. The minimum Gasteiger partial charge on any atom is -0.491 e. The molecule has 1 aromatic heterocycles. The maximum Gasteiger partial charge on any atom is 0.121 e. The molecule has 3 rings (SSSR count). The van der Waals surface area contributed by atoms with E-state index in [1.165, 1.54) is 12.8 Å². The molecule has 0 aliphatic carbocycles. The number of aromatic nitrogens is 2. The molecule has 0 saturated carbocycles. The summed E-state index contributed by atoms with van der Waals surface area (Å²) in [6.45, 7) is 5.46. The molecule has 1 N–H and O–H groups in total. The van der Waals surface area contributed by atoms with E-state index in [9.17, 15) is 5.11 Å². The predicted octanol–water partition coefficient (Wildman–Crippen LogP) is 2.34. The fourth-order valence-electron chi connectivity index (χ4n) is 2.93. The Hall–Kier alpha value is -1.85. The average Bonchev–Trinajstić information content (AvgIpc) is 3.10. The number of hydrogen-bond donors (Lipinski definition) is 1. The molecule has 0 radical (unpaired) electrons. The van der Waals surface area contributed by atoms with Crippen LogP contribution in [0.15, 0.2) is 43.0 Å². The summed E-state index contributed by atoms with van der Waals surface area (Å²) in [5, 5.41) is 10.2. The molecule has 1 aliphatic heterocycles. The first kappa shape index (κ1) is 16.0. The van der Waals surface area contributed by atoms with Crippen molar-refractivity contribution in [2.45, 2.75) is 25.9 Å². The number of β-amino-alcohol motifs (C(OH)–C–C–N with tert-alkyl or cyclic N) is 1. The number of aliphatic hydroxyl groups is 1. The summed E-state index contributed by atoms with van der Waals surface area (Å²) in [4.78, 5) is 6.38. The van der Waals surface area contributed by atoms with Gasteiger partial charge in [-0.1, -0.05) is 13.0 Å². The Labute approximate surface area is 137 Å². The summed E-state index contributed by atoms with van der Waals surface area (Å²) < 4.78 is 7.69. The zero-order valence-electron chi connectivity index (χ0n) is 13.6. The Morgan fingerprint density at radius 2 is 2.17 bits per heavy atom. The van der Waals surface area contributed by atoms with Gasteiger partial charge in [-0.15, -0.1) is 0 Å². The molecule has 124 valence electrons. The normalized spacial score (nSPS) is 18.0. The molecule has 0 unspecified atom stereocenters. The molecule has 23 heavy (non-hydrogen) atoms. The van der Waals surface area contributed by atoms with Crippen molar-refractivity contribution in [3.8, 4) is 11.4 Å². The number of rotatable bonds is 6. The molecule has 1 aromatic carbocycles. The highest BCUT2D eigenvalue weighted by atomic mass is 16.5. The van der Waals surface area contributed by atoms with Gasteiger partial charge in [0.1, 0.15) is 18.5 Å². The third-order valence-electron chi connectivity index (χ3n) is 4.41. The van der Waals surface area contributed by atoms with Crippen molar-refractivity contribution in [2.24, 2.45) is 5.92 Å². The van der Waals surface area contributed by atoms with Gasteiger partial charge in [0, 0.05) is 25.0 Å². The van der Waals surface area contributed by atoms with Gasteiger partial charge in [0.15, 0.2) is 0 Å². The average molecular weight is 315 g/mol. The molecular formula is C18H25N3O2. The highest BCUT2D eigenvalue weighted by Crippen LogP contribution is 2.18. The number of piperidine rings is 1. The minimum absolute atomic E-state index is 0.319. The van der Waals surface area contributed by atoms with Crippen LogP contribution in [0.1, 0.15) is 19.8 Å². The van der Waals surface area contributed by atoms with E-state index in [0.717, 1.165) is 30.4 Å².